The zero-order valence-electron chi connectivity index (χ0n) is 16.9. The number of hydrogen-bond acceptors (Lipinski definition) is 4. The zero-order chi connectivity index (χ0) is 22.5. The van der Waals surface area contributed by atoms with Gasteiger partial charge in [-0.05, 0) is 23.8 Å². The summed E-state index contributed by atoms with van der Waals surface area (Å²) in [6, 6.07) is 20.5. The molecule has 0 spiro atoms. The molecule has 0 aliphatic carbocycles. The first-order chi connectivity index (χ1) is 15.4. The quantitative estimate of drug-likeness (QED) is 0.447. The van der Waals surface area contributed by atoms with Gasteiger partial charge in [-0.1, -0.05) is 54.1 Å². The van der Waals surface area contributed by atoms with E-state index >= 15 is 0 Å². The third-order valence-corrected chi connectivity index (χ3v) is 6.41. The molecule has 0 saturated carbocycles. The first-order valence-electron chi connectivity index (χ1n) is 10.1. The number of nitrogens with zero attached hydrogens (tertiary/aromatic N) is 3. The normalized spacial score (nSPS) is 19.1. The number of fused-ring (bicyclic) bond motifs is 3. The standard InChI is InChI=1S/C24H18ClN3O4/c25-18-9-7-17(8-10-18)24-21-4-2-1-3-20(21)23(30)27(24)14-13-26(24)22(29)15-16-5-11-19(12-6-16)28(31)32/h1-12H,13-15H2. The molecule has 5 rings (SSSR count). The monoisotopic (exact) mass is 447 g/mol. The topological polar surface area (TPSA) is 83.8 Å². The predicted octanol–water partition coefficient (Wildman–Crippen LogP) is 3.99. The van der Waals surface area contributed by atoms with Crippen LogP contribution in [-0.4, -0.2) is 39.6 Å². The molecule has 0 radical (unpaired) electrons. The van der Waals surface area contributed by atoms with Crippen molar-refractivity contribution in [3.8, 4) is 0 Å². The Balaban J connectivity index is 1.59. The summed E-state index contributed by atoms with van der Waals surface area (Å²) in [6.45, 7) is 0.788. The fourth-order valence-electron chi connectivity index (χ4n) is 4.79. The van der Waals surface area contributed by atoms with Gasteiger partial charge >= 0.3 is 0 Å². The number of carbonyl (C=O) groups excluding carboxylic acids is 2. The molecule has 2 aliphatic heterocycles. The molecule has 1 atom stereocenters. The van der Waals surface area contributed by atoms with Crippen LogP contribution in [0, 0.1) is 10.1 Å². The van der Waals surface area contributed by atoms with E-state index in [1.54, 1.807) is 40.1 Å². The lowest BCUT2D eigenvalue weighted by Crippen LogP contribution is -2.52. The molecule has 1 saturated heterocycles. The second-order valence-corrected chi connectivity index (χ2v) is 8.26. The van der Waals surface area contributed by atoms with Gasteiger partial charge in [0.25, 0.3) is 11.6 Å². The van der Waals surface area contributed by atoms with Crippen LogP contribution in [0.5, 0.6) is 0 Å². The fraction of sp³-hybridized carbons (Fsp3) is 0.167. The second kappa shape index (κ2) is 7.46. The van der Waals surface area contributed by atoms with Crippen LogP contribution < -0.4 is 0 Å². The van der Waals surface area contributed by atoms with Crippen molar-refractivity contribution in [3.05, 3.63) is 110 Å². The third kappa shape index (κ3) is 2.89. The molecule has 3 aromatic rings. The Labute approximate surface area is 189 Å². The van der Waals surface area contributed by atoms with Gasteiger partial charge in [-0.25, -0.2) is 0 Å². The Bertz CT molecular complexity index is 1240. The molecule has 1 fully saturated rings. The van der Waals surface area contributed by atoms with E-state index in [-0.39, 0.29) is 23.9 Å². The Morgan fingerprint density at radius 2 is 1.69 bits per heavy atom. The van der Waals surface area contributed by atoms with Crippen molar-refractivity contribution in [1.82, 2.24) is 9.80 Å². The number of nitro benzene ring substituents is 1. The van der Waals surface area contributed by atoms with E-state index < -0.39 is 10.6 Å². The number of halogens is 1. The summed E-state index contributed by atoms with van der Waals surface area (Å²) in [6.07, 6.45) is 0.0670. The van der Waals surface area contributed by atoms with Crippen LogP contribution in [0.25, 0.3) is 0 Å². The molecule has 3 aromatic carbocycles. The van der Waals surface area contributed by atoms with Crippen molar-refractivity contribution in [2.24, 2.45) is 0 Å². The van der Waals surface area contributed by atoms with Gasteiger partial charge in [0.15, 0.2) is 5.66 Å². The summed E-state index contributed by atoms with van der Waals surface area (Å²) in [5.74, 6) is -0.276. The number of benzene rings is 3. The molecule has 2 heterocycles. The molecule has 2 aliphatic rings. The van der Waals surface area contributed by atoms with Gasteiger partial charge in [-0.3, -0.25) is 19.7 Å². The number of amides is 2. The van der Waals surface area contributed by atoms with E-state index in [2.05, 4.69) is 0 Å². The Hall–Kier alpha value is -3.71. The maximum absolute atomic E-state index is 13.6. The summed E-state index contributed by atoms with van der Waals surface area (Å²) in [4.78, 5) is 40.7. The van der Waals surface area contributed by atoms with Crippen LogP contribution in [0.3, 0.4) is 0 Å². The van der Waals surface area contributed by atoms with Crippen molar-refractivity contribution in [2.45, 2.75) is 12.1 Å². The fourth-order valence-corrected chi connectivity index (χ4v) is 4.91. The van der Waals surface area contributed by atoms with Crippen LogP contribution in [0.4, 0.5) is 5.69 Å². The number of rotatable bonds is 4. The highest BCUT2D eigenvalue weighted by Gasteiger charge is 2.59. The van der Waals surface area contributed by atoms with Gasteiger partial charge in [-0.2, -0.15) is 0 Å². The molecule has 0 bridgehead atoms. The van der Waals surface area contributed by atoms with Crippen LogP contribution >= 0.6 is 11.6 Å². The second-order valence-electron chi connectivity index (χ2n) is 7.83. The van der Waals surface area contributed by atoms with Gasteiger partial charge in [0.05, 0.1) is 11.3 Å². The molecule has 32 heavy (non-hydrogen) atoms. The number of non-ortho nitro benzene ring substituents is 1. The van der Waals surface area contributed by atoms with Gasteiger partial charge in [0.1, 0.15) is 0 Å². The first-order valence-corrected chi connectivity index (χ1v) is 10.5. The van der Waals surface area contributed by atoms with Crippen molar-refractivity contribution >= 4 is 29.1 Å². The summed E-state index contributed by atoms with van der Waals surface area (Å²) < 4.78 is 0. The number of nitro groups is 1. The van der Waals surface area contributed by atoms with Gasteiger partial charge in [0.2, 0.25) is 5.91 Å². The van der Waals surface area contributed by atoms with Crippen molar-refractivity contribution < 1.29 is 14.5 Å². The van der Waals surface area contributed by atoms with E-state index in [0.29, 0.717) is 29.2 Å². The molecule has 0 N–H and O–H groups in total. The Morgan fingerprint density at radius 3 is 2.38 bits per heavy atom. The zero-order valence-corrected chi connectivity index (χ0v) is 17.7. The lowest BCUT2D eigenvalue weighted by Gasteiger charge is -2.40. The van der Waals surface area contributed by atoms with E-state index in [0.717, 1.165) is 11.1 Å². The summed E-state index contributed by atoms with van der Waals surface area (Å²) in [5.41, 5.74) is 1.73. The van der Waals surface area contributed by atoms with Gasteiger partial charge in [0, 0.05) is 46.9 Å². The number of carbonyl (C=O) groups is 2. The SMILES string of the molecule is O=C(Cc1ccc([N+](=O)[O-])cc1)N1CCN2C(=O)c3ccccc3C12c1ccc(Cl)cc1. The molecular formula is C24H18ClN3O4. The minimum absolute atomic E-state index is 0.0264. The van der Waals surface area contributed by atoms with E-state index in [1.165, 1.54) is 12.1 Å². The lowest BCUT2D eigenvalue weighted by molar-refractivity contribution is -0.384. The highest BCUT2D eigenvalue weighted by molar-refractivity contribution is 6.30. The van der Waals surface area contributed by atoms with E-state index in [9.17, 15) is 19.7 Å². The molecule has 2 amide bonds. The largest absolute Gasteiger partial charge is 0.309 e. The number of hydrogen-bond donors (Lipinski definition) is 0. The molecule has 0 aromatic heterocycles. The highest BCUT2D eigenvalue weighted by atomic mass is 35.5. The van der Waals surface area contributed by atoms with Crippen LogP contribution in [0.15, 0.2) is 72.8 Å². The maximum atomic E-state index is 13.6. The summed E-state index contributed by atoms with van der Waals surface area (Å²) >= 11 is 6.12. The molecule has 7 nitrogen and oxygen atoms in total. The Morgan fingerprint density at radius 1 is 1.00 bits per heavy atom. The smallest absolute Gasteiger partial charge is 0.269 e. The lowest BCUT2D eigenvalue weighted by atomic mass is 9.89. The third-order valence-electron chi connectivity index (χ3n) is 6.16. The first kappa shape index (κ1) is 20.2. The molecule has 160 valence electrons. The summed E-state index contributed by atoms with van der Waals surface area (Å²) in [7, 11) is 0. The van der Waals surface area contributed by atoms with Crippen LogP contribution in [-0.2, 0) is 16.9 Å². The summed E-state index contributed by atoms with van der Waals surface area (Å²) in [5, 5.41) is 11.5. The molecular weight excluding hydrogens is 430 g/mol. The Kier molecular flexibility index (Phi) is 4.71. The average molecular weight is 448 g/mol. The van der Waals surface area contributed by atoms with Crippen LogP contribution in [0.1, 0.15) is 27.0 Å². The average Bonchev–Trinajstić information content (AvgIpc) is 3.30. The molecule has 8 heteroatoms. The minimum atomic E-state index is -1.05. The molecule has 1 unspecified atom stereocenters. The predicted molar refractivity (Wildman–Crippen MR) is 118 cm³/mol. The van der Waals surface area contributed by atoms with Gasteiger partial charge in [-0.15, -0.1) is 0 Å². The van der Waals surface area contributed by atoms with E-state index in [1.807, 2.05) is 30.3 Å². The maximum Gasteiger partial charge on any atom is 0.269 e. The van der Waals surface area contributed by atoms with Crippen LogP contribution in [0.2, 0.25) is 5.02 Å². The van der Waals surface area contributed by atoms with Gasteiger partial charge < -0.3 is 9.80 Å². The highest BCUT2D eigenvalue weighted by Crippen LogP contribution is 2.49. The van der Waals surface area contributed by atoms with Crippen molar-refractivity contribution in [3.63, 3.8) is 0 Å². The van der Waals surface area contributed by atoms with Crippen molar-refractivity contribution in [1.29, 1.82) is 0 Å². The minimum Gasteiger partial charge on any atom is -0.309 e. The van der Waals surface area contributed by atoms with E-state index in [4.69, 9.17) is 11.6 Å². The van der Waals surface area contributed by atoms with Crippen molar-refractivity contribution in [2.75, 3.05) is 13.1 Å².